The molecule has 2 aliphatic heterocycles. The van der Waals surface area contributed by atoms with Crippen LogP contribution in [-0.4, -0.2) is 44.9 Å². The van der Waals surface area contributed by atoms with E-state index in [2.05, 4.69) is 0 Å². The molecule has 0 bridgehead atoms. The minimum absolute atomic E-state index is 0.0444. The van der Waals surface area contributed by atoms with Crippen LogP contribution in [0.2, 0.25) is 0 Å². The summed E-state index contributed by atoms with van der Waals surface area (Å²) in [4.78, 5) is 14.7. The zero-order chi connectivity index (χ0) is 19.6. The molecule has 0 aliphatic carbocycles. The van der Waals surface area contributed by atoms with Crippen molar-refractivity contribution in [2.24, 2.45) is 0 Å². The molecule has 1 saturated heterocycles. The van der Waals surface area contributed by atoms with Crippen LogP contribution in [-0.2, 0) is 21.2 Å². The van der Waals surface area contributed by atoms with Gasteiger partial charge < -0.3 is 9.64 Å². The largest absolute Gasteiger partial charge is 0.484 e. The first kappa shape index (κ1) is 19.0. The first-order valence-electron chi connectivity index (χ1n) is 9.67. The lowest BCUT2D eigenvalue weighted by atomic mass is 10.0. The number of anilines is 1. The Labute approximate surface area is 165 Å². The minimum atomic E-state index is -3.45. The molecule has 0 saturated carbocycles. The fourth-order valence-electron chi connectivity index (χ4n) is 3.81. The highest BCUT2D eigenvalue weighted by Crippen LogP contribution is 2.31. The van der Waals surface area contributed by atoms with Gasteiger partial charge in [-0.25, -0.2) is 8.42 Å². The second-order valence-corrected chi connectivity index (χ2v) is 9.09. The molecule has 148 valence electrons. The number of para-hydroxylation sites is 1. The van der Waals surface area contributed by atoms with Crippen molar-refractivity contribution in [3.05, 3.63) is 54.1 Å². The zero-order valence-electron chi connectivity index (χ0n) is 15.7. The number of nitrogens with zero attached hydrogens (tertiary/aromatic N) is 2. The van der Waals surface area contributed by atoms with Gasteiger partial charge in [0.15, 0.2) is 6.61 Å². The van der Waals surface area contributed by atoms with E-state index in [9.17, 15) is 13.2 Å². The molecule has 0 atom stereocenters. The Balaban J connectivity index is 1.52. The van der Waals surface area contributed by atoms with Gasteiger partial charge in [0.2, 0.25) is 10.0 Å². The van der Waals surface area contributed by atoms with Crippen LogP contribution in [0, 0.1) is 0 Å². The lowest BCUT2D eigenvalue weighted by molar-refractivity contribution is -0.120. The summed E-state index contributed by atoms with van der Waals surface area (Å²) in [5.41, 5.74) is 1.69. The third-order valence-corrected chi connectivity index (χ3v) is 7.17. The summed E-state index contributed by atoms with van der Waals surface area (Å²) >= 11 is 0. The fourth-order valence-corrected chi connectivity index (χ4v) is 5.38. The van der Waals surface area contributed by atoms with E-state index in [0.29, 0.717) is 30.3 Å². The van der Waals surface area contributed by atoms with Crippen LogP contribution >= 0.6 is 0 Å². The summed E-state index contributed by atoms with van der Waals surface area (Å²) in [6, 6.07) is 14.4. The maximum absolute atomic E-state index is 12.8. The number of sulfonamides is 1. The highest BCUT2D eigenvalue weighted by molar-refractivity contribution is 7.89. The molecule has 0 radical (unpaired) electrons. The summed E-state index contributed by atoms with van der Waals surface area (Å²) in [7, 11) is -3.45. The number of fused-ring (bicyclic) bond motifs is 1. The Kier molecular flexibility index (Phi) is 5.37. The third-order valence-electron chi connectivity index (χ3n) is 5.28. The number of carbonyl (C=O) groups excluding carboxylic acids is 1. The van der Waals surface area contributed by atoms with Crippen molar-refractivity contribution in [2.75, 3.05) is 31.1 Å². The van der Waals surface area contributed by atoms with E-state index in [1.54, 1.807) is 27.4 Å². The van der Waals surface area contributed by atoms with Gasteiger partial charge in [-0.2, -0.15) is 4.31 Å². The predicted octanol–water partition coefficient (Wildman–Crippen LogP) is 2.83. The van der Waals surface area contributed by atoms with Crippen molar-refractivity contribution >= 4 is 21.6 Å². The number of carbonyl (C=O) groups is 1. The van der Waals surface area contributed by atoms with E-state index in [1.807, 2.05) is 30.3 Å². The smallest absolute Gasteiger partial charge is 0.264 e. The second-order valence-electron chi connectivity index (χ2n) is 7.15. The molecule has 1 amide bonds. The van der Waals surface area contributed by atoms with Gasteiger partial charge in [-0.3, -0.25) is 4.79 Å². The van der Waals surface area contributed by atoms with Gasteiger partial charge >= 0.3 is 0 Å². The number of aryl methyl sites for hydroxylation is 1. The van der Waals surface area contributed by atoms with E-state index in [0.717, 1.165) is 36.9 Å². The van der Waals surface area contributed by atoms with Crippen molar-refractivity contribution in [1.82, 2.24) is 4.31 Å². The second kappa shape index (κ2) is 7.93. The average molecular weight is 401 g/mol. The van der Waals surface area contributed by atoms with Crippen LogP contribution in [0.4, 0.5) is 5.69 Å². The lowest BCUT2D eigenvalue weighted by Gasteiger charge is -2.30. The van der Waals surface area contributed by atoms with Gasteiger partial charge in [0.25, 0.3) is 5.91 Å². The maximum atomic E-state index is 12.8. The number of benzene rings is 2. The topological polar surface area (TPSA) is 66.9 Å². The van der Waals surface area contributed by atoms with E-state index < -0.39 is 10.0 Å². The van der Waals surface area contributed by atoms with E-state index in [1.165, 1.54) is 0 Å². The van der Waals surface area contributed by atoms with Crippen LogP contribution in [0.25, 0.3) is 0 Å². The van der Waals surface area contributed by atoms with Crippen LogP contribution in [0.1, 0.15) is 24.8 Å². The molecular weight excluding hydrogens is 376 g/mol. The first-order valence-corrected chi connectivity index (χ1v) is 11.1. The Bertz CT molecular complexity index is 954. The number of hydrogen-bond donors (Lipinski definition) is 0. The predicted molar refractivity (Wildman–Crippen MR) is 107 cm³/mol. The molecule has 0 unspecified atom stereocenters. The number of hydrogen-bond acceptors (Lipinski definition) is 4. The summed E-state index contributed by atoms with van der Waals surface area (Å²) in [6.45, 7) is 1.74. The van der Waals surface area contributed by atoms with Crippen molar-refractivity contribution in [2.45, 2.75) is 30.6 Å². The first-order chi connectivity index (χ1) is 13.6. The molecule has 0 N–H and O–H groups in total. The van der Waals surface area contributed by atoms with Gasteiger partial charge in [0, 0.05) is 25.3 Å². The highest BCUT2D eigenvalue weighted by atomic mass is 32.2. The summed E-state index contributed by atoms with van der Waals surface area (Å²) in [5, 5.41) is 0. The summed E-state index contributed by atoms with van der Waals surface area (Å²) in [5.74, 6) is 0.528. The van der Waals surface area contributed by atoms with E-state index >= 15 is 0 Å². The van der Waals surface area contributed by atoms with Gasteiger partial charge in [-0.15, -0.1) is 0 Å². The van der Waals surface area contributed by atoms with Gasteiger partial charge in [-0.05, 0) is 61.6 Å². The molecule has 2 aromatic carbocycles. The van der Waals surface area contributed by atoms with Crippen LogP contribution < -0.4 is 9.64 Å². The number of ether oxygens (including phenoxy) is 1. The third kappa shape index (κ3) is 3.77. The monoisotopic (exact) mass is 400 g/mol. The SMILES string of the molecule is O=C(COc1ccccc1)N1CCCc2cc(S(=O)(=O)N3CCCC3)ccc21. The lowest BCUT2D eigenvalue weighted by Crippen LogP contribution is -2.38. The quantitative estimate of drug-likeness (QED) is 0.774. The Morgan fingerprint density at radius 3 is 2.46 bits per heavy atom. The fraction of sp³-hybridized carbons (Fsp3) is 0.381. The van der Waals surface area contributed by atoms with Crippen LogP contribution in [0.15, 0.2) is 53.4 Å². The molecule has 2 aliphatic rings. The molecule has 28 heavy (non-hydrogen) atoms. The molecule has 6 nitrogen and oxygen atoms in total. The highest BCUT2D eigenvalue weighted by Gasteiger charge is 2.29. The van der Waals surface area contributed by atoms with E-state index in [-0.39, 0.29) is 12.5 Å². The van der Waals surface area contributed by atoms with Crippen LogP contribution in [0.5, 0.6) is 5.75 Å². The van der Waals surface area contributed by atoms with Crippen molar-refractivity contribution in [3.63, 3.8) is 0 Å². The zero-order valence-corrected chi connectivity index (χ0v) is 16.5. The van der Waals surface area contributed by atoms with Gasteiger partial charge in [-0.1, -0.05) is 18.2 Å². The molecule has 2 heterocycles. The molecule has 1 fully saturated rings. The molecule has 0 aromatic heterocycles. The van der Waals surface area contributed by atoms with Crippen molar-refractivity contribution < 1.29 is 17.9 Å². The molecule has 7 heteroatoms. The molecular formula is C21H24N2O4S. The normalized spacial score (nSPS) is 17.4. The van der Waals surface area contributed by atoms with Crippen molar-refractivity contribution in [3.8, 4) is 5.75 Å². The van der Waals surface area contributed by atoms with Crippen molar-refractivity contribution in [1.29, 1.82) is 0 Å². The standard InChI is InChI=1S/C21H24N2O4S/c24-21(16-27-18-8-2-1-3-9-18)23-14-6-7-17-15-19(10-11-20(17)23)28(25,26)22-12-4-5-13-22/h1-3,8-11,15H,4-7,12-14,16H2. The molecule has 2 aromatic rings. The Morgan fingerprint density at radius 1 is 0.964 bits per heavy atom. The van der Waals surface area contributed by atoms with Gasteiger partial charge in [0.1, 0.15) is 5.75 Å². The molecule has 4 rings (SSSR count). The Morgan fingerprint density at radius 2 is 1.71 bits per heavy atom. The molecule has 0 spiro atoms. The number of amides is 1. The van der Waals surface area contributed by atoms with Gasteiger partial charge in [0.05, 0.1) is 4.90 Å². The summed E-state index contributed by atoms with van der Waals surface area (Å²) < 4.78 is 32.8. The average Bonchev–Trinajstić information content (AvgIpc) is 3.28. The minimum Gasteiger partial charge on any atom is -0.484 e. The van der Waals surface area contributed by atoms with Crippen LogP contribution in [0.3, 0.4) is 0 Å². The number of rotatable bonds is 5. The summed E-state index contributed by atoms with van der Waals surface area (Å²) in [6.07, 6.45) is 3.39. The maximum Gasteiger partial charge on any atom is 0.264 e. The Hall–Kier alpha value is -2.38. The van der Waals surface area contributed by atoms with E-state index in [4.69, 9.17) is 4.74 Å².